The van der Waals surface area contributed by atoms with Crippen LogP contribution in [0.5, 0.6) is 0 Å². The number of aliphatic hydroxyl groups excluding tert-OH is 1. The Kier molecular flexibility index (Phi) is 5.60. The lowest BCUT2D eigenvalue weighted by Gasteiger charge is -2.32. The van der Waals surface area contributed by atoms with Gasteiger partial charge in [0.25, 0.3) is 0 Å². The van der Waals surface area contributed by atoms with E-state index in [2.05, 4.69) is 10.2 Å². The lowest BCUT2D eigenvalue weighted by Crippen LogP contribution is -2.50. The Balaban J connectivity index is 1.89. The summed E-state index contributed by atoms with van der Waals surface area (Å²) in [7, 11) is 0. The molecule has 0 saturated carbocycles. The van der Waals surface area contributed by atoms with Crippen LogP contribution in [-0.4, -0.2) is 72.2 Å². The zero-order chi connectivity index (χ0) is 13.7. The standard InChI is InChI=1S/C14H27N3O2/c1-12(14(19)16-7-2-3-8-16)17(9-10-18)11-13-5-4-6-15-13/h12-13,15,18H,2-11H2,1H3. The van der Waals surface area contributed by atoms with Crippen LogP contribution in [-0.2, 0) is 4.79 Å². The van der Waals surface area contributed by atoms with Crippen LogP contribution < -0.4 is 5.32 Å². The van der Waals surface area contributed by atoms with E-state index < -0.39 is 0 Å². The summed E-state index contributed by atoms with van der Waals surface area (Å²) in [4.78, 5) is 16.5. The second kappa shape index (κ2) is 7.22. The predicted molar refractivity (Wildman–Crippen MR) is 75.0 cm³/mol. The number of carbonyl (C=O) groups excluding carboxylic acids is 1. The highest BCUT2D eigenvalue weighted by molar-refractivity contribution is 5.81. The van der Waals surface area contributed by atoms with Crippen molar-refractivity contribution < 1.29 is 9.90 Å². The van der Waals surface area contributed by atoms with E-state index in [9.17, 15) is 9.90 Å². The summed E-state index contributed by atoms with van der Waals surface area (Å²) in [5.41, 5.74) is 0. The van der Waals surface area contributed by atoms with Crippen molar-refractivity contribution >= 4 is 5.91 Å². The van der Waals surface area contributed by atoms with Crippen molar-refractivity contribution in [2.45, 2.75) is 44.7 Å². The first-order valence-electron chi connectivity index (χ1n) is 7.59. The monoisotopic (exact) mass is 269 g/mol. The van der Waals surface area contributed by atoms with Gasteiger partial charge in [-0.1, -0.05) is 0 Å². The third kappa shape index (κ3) is 3.91. The molecule has 2 unspecified atom stereocenters. The van der Waals surface area contributed by atoms with E-state index in [1.54, 1.807) is 0 Å². The molecule has 2 heterocycles. The van der Waals surface area contributed by atoms with E-state index in [-0.39, 0.29) is 18.6 Å². The van der Waals surface area contributed by atoms with E-state index in [0.29, 0.717) is 12.6 Å². The van der Waals surface area contributed by atoms with E-state index >= 15 is 0 Å². The van der Waals surface area contributed by atoms with Gasteiger partial charge in [0, 0.05) is 32.2 Å². The third-order valence-corrected chi connectivity index (χ3v) is 4.33. The van der Waals surface area contributed by atoms with Crippen LogP contribution in [0, 0.1) is 0 Å². The molecule has 1 amide bonds. The molecule has 2 aliphatic rings. The number of aliphatic hydroxyl groups is 1. The molecule has 0 radical (unpaired) electrons. The lowest BCUT2D eigenvalue weighted by molar-refractivity contribution is -0.135. The molecule has 2 saturated heterocycles. The number of nitrogens with one attached hydrogen (secondary N) is 1. The minimum absolute atomic E-state index is 0.115. The third-order valence-electron chi connectivity index (χ3n) is 4.33. The van der Waals surface area contributed by atoms with Crippen LogP contribution in [0.4, 0.5) is 0 Å². The zero-order valence-electron chi connectivity index (χ0n) is 12.0. The topological polar surface area (TPSA) is 55.8 Å². The first-order valence-corrected chi connectivity index (χ1v) is 7.59. The Morgan fingerprint density at radius 2 is 2.16 bits per heavy atom. The Bertz CT molecular complexity index is 286. The maximum absolute atomic E-state index is 12.4. The van der Waals surface area contributed by atoms with Crippen LogP contribution >= 0.6 is 0 Å². The van der Waals surface area contributed by atoms with Gasteiger partial charge in [0.05, 0.1) is 12.6 Å². The average molecular weight is 269 g/mol. The van der Waals surface area contributed by atoms with Gasteiger partial charge in [-0.25, -0.2) is 0 Å². The second-order valence-corrected chi connectivity index (χ2v) is 5.72. The fourth-order valence-electron chi connectivity index (χ4n) is 3.13. The Morgan fingerprint density at radius 1 is 1.42 bits per heavy atom. The van der Waals surface area contributed by atoms with E-state index in [1.807, 2.05) is 11.8 Å². The summed E-state index contributed by atoms with van der Waals surface area (Å²) < 4.78 is 0. The molecule has 2 rings (SSSR count). The highest BCUT2D eigenvalue weighted by atomic mass is 16.3. The van der Waals surface area contributed by atoms with Gasteiger partial charge in [-0.05, 0) is 39.2 Å². The second-order valence-electron chi connectivity index (χ2n) is 5.72. The molecule has 2 fully saturated rings. The molecule has 110 valence electrons. The van der Waals surface area contributed by atoms with Gasteiger partial charge >= 0.3 is 0 Å². The van der Waals surface area contributed by atoms with E-state index in [4.69, 9.17) is 0 Å². The summed E-state index contributed by atoms with van der Waals surface area (Å²) in [6.45, 7) is 6.41. The van der Waals surface area contributed by atoms with Crippen molar-refractivity contribution in [3.05, 3.63) is 0 Å². The minimum Gasteiger partial charge on any atom is -0.395 e. The highest BCUT2D eigenvalue weighted by Crippen LogP contribution is 2.14. The first-order chi connectivity index (χ1) is 9.22. The summed E-state index contributed by atoms with van der Waals surface area (Å²) in [6.07, 6.45) is 4.64. The fraction of sp³-hybridized carbons (Fsp3) is 0.929. The summed E-state index contributed by atoms with van der Waals surface area (Å²) >= 11 is 0. The molecule has 0 spiro atoms. The SMILES string of the molecule is CC(C(=O)N1CCCC1)N(CCO)CC1CCCN1. The number of amides is 1. The van der Waals surface area contributed by atoms with Crippen molar-refractivity contribution in [2.24, 2.45) is 0 Å². The summed E-state index contributed by atoms with van der Waals surface area (Å²) in [6, 6.07) is 0.355. The molecule has 0 aromatic rings. The molecule has 5 heteroatoms. The van der Waals surface area contributed by atoms with Crippen molar-refractivity contribution in [2.75, 3.05) is 39.3 Å². The molecule has 19 heavy (non-hydrogen) atoms. The molecular formula is C14H27N3O2. The van der Waals surface area contributed by atoms with Gasteiger partial charge in [-0.15, -0.1) is 0 Å². The average Bonchev–Trinajstić information content (AvgIpc) is 3.09. The molecule has 0 bridgehead atoms. The molecule has 2 N–H and O–H groups in total. The van der Waals surface area contributed by atoms with Gasteiger partial charge in [0.1, 0.15) is 0 Å². The summed E-state index contributed by atoms with van der Waals surface area (Å²) in [5, 5.41) is 12.7. The molecule has 0 aromatic heterocycles. The molecule has 0 aromatic carbocycles. The van der Waals surface area contributed by atoms with E-state index in [0.717, 1.165) is 39.0 Å². The zero-order valence-corrected chi connectivity index (χ0v) is 12.0. The smallest absolute Gasteiger partial charge is 0.239 e. The number of hydrogen-bond acceptors (Lipinski definition) is 4. The minimum atomic E-state index is -0.118. The Hall–Kier alpha value is -0.650. The van der Waals surface area contributed by atoms with E-state index in [1.165, 1.54) is 12.8 Å². The Labute approximate surface area is 115 Å². The van der Waals surface area contributed by atoms with Crippen molar-refractivity contribution in [1.29, 1.82) is 0 Å². The van der Waals surface area contributed by atoms with Gasteiger partial charge in [0.15, 0.2) is 0 Å². The van der Waals surface area contributed by atoms with Crippen LogP contribution in [0.1, 0.15) is 32.6 Å². The largest absolute Gasteiger partial charge is 0.395 e. The van der Waals surface area contributed by atoms with Crippen LogP contribution in [0.2, 0.25) is 0 Å². The van der Waals surface area contributed by atoms with Crippen LogP contribution in [0.3, 0.4) is 0 Å². The maximum Gasteiger partial charge on any atom is 0.239 e. The molecule has 5 nitrogen and oxygen atoms in total. The number of hydrogen-bond donors (Lipinski definition) is 2. The fourth-order valence-corrected chi connectivity index (χ4v) is 3.13. The highest BCUT2D eigenvalue weighted by Gasteiger charge is 2.29. The van der Waals surface area contributed by atoms with Crippen molar-refractivity contribution in [3.63, 3.8) is 0 Å². The first kappa shape index (κ1) is 14.8. The van der Waals surface area contributed by atoms with Crippen molar-refractivity contribution in [1.82, 2.24) is 15.1 Å². The van der Waals surface area contributed by atoms with Gasteiger partial charge in [-0.3, -0.25) is 9.69 Å². The van der Waals surface area contributed by atoms with Crippen LogP contribution in [0.25, 0.3) is 0 Å². The predicted octanol–water partition coefficient (Wildman–Crippen LogP) is 0.0436. The Morgan fingerprint density at radius 3 is 2.74 bits per heavy atom. The molecule has 2 atom stereocenters. The number of rotatable bonds is 6. The van der Waals surface area contributed by atoms with Gasteiger partial charge < -0.3 is 15.3 Å². The number of likely N-dealkylation sites (tertiary alicyclic amines) is 1. The van der Waals surface area contributed by atoms with Crippen molar-refractivity contribution in [3.8, 4) is 0 Å². The van der Waals surface area contributed by atoms with Crippen LogP contribution in [0.15, 0.2) is 0 Å². The van der Waals surface area contributed by atoms with Gasteiger partial charge in [0.2, 0.25) is 5.91 Å². The maximum atomic E-state index is 12.4. The number of carbonyl (C=O) groups is 1. The quantitative estimate of drug-likeness (QED) is 0.715. The lowest BCUT2D eigenvalue weighted by atomic mass is 10.1. The summed E-state index contributed by atoms with van der Waals surface area (Å²) in [5.74, 6) is 0.226. The van der Waals surface area contributed by atoms with Gasteiger partial charge in [-0.2, -0.15) is 0 Å². The number of nitrogens with zero attached hydrogens (tertiary/aromatic N) is 2. The normalized spacial score (nSPS) is 25.2. The molecular weight excluding hydrogens is 242 g/mol. The molecule has 2 aliphatic heterocycles. The molecule has 0 aliphatic carbocycles.